The van der Waals surface area contributed by atoms with Crippen LogP contribution in [0.4, 0.5) is 39.5 Å². The number of Topliss-reactive ketones (excluding diaryl/α,β-unsaturated/α-hetero) is 1. The summed E-state index contributed by atoms with van der Waals surface area (Å²) in [5.74, 6) is -4.56. The first kappa shape index (κ1) is 34.2. The molecule has 47 heavy (non-hydrogen) atoms. The molecule has 0 unspecified atom stereocenters. The topological polar surface area (TPSA) is 89.1 Å². The van der Waals surface area contributed by atoms with E-state index >= 15 is 0 Å². The van der Waals surface area contributed by atoms with Gasteiger partial charge in [0.2, 0.25) is 0 Å². The normalized spacial score (nSPS) is 19.0. The van der Waals surface area contributed by atoms with Crippen molar-refractivity contribution in [1.82, 2.24) is 10.2 Å². The van der Waals surface area contributed by atoms with Crippen LogP contribution in [0.5, 0.6) is 0 Å². The zero-order valence-electron chi connectivity index (χ0n) is 23.8. The Balaban J connectivity index is 1.55. The van der Waals surface area contributed by atoms with Crippen LogP contribution in [0, 0.1) is 23.4 Å². The Morgan fingerprint density at radius 1 is 0.872 bits per heavy atom. The van der Waals surface area contributed by atoms with Gasteiger partial charge in [0, 0.05) is 23.7 Å². The third-order valence-electron chi connectivity index (χ3n) is 8.28. The van der Waals surface area contributed by atoms with Gasteiger partial charge in [0.25, 0.3) is 5.60 Å². The molecule has 16 heteroatoms. The highest BCUT2D eigenvalue weighted by Crippen LogP contribution is 2.57. The highest BCUT2D eigenvalue weighted by molar-refractivity contribution is 7.92. The van der Waals surface area contributed by atoms with Crippen LogP contribution >= 0.6 is 0 Å². The molecule has 5 rings (SSSR count). The highest BCUT2D eigenvalue weighted by atomic mass is 32.2. The van der Waals surface area contributed by atoms with Crippen molar-refractivity contribution in [3.63, 3.8) is 0 Å². The Labute approximate surface area is 261 Å². The van der Waals surface area contributed by atoms with Gasteiger partial charge in [-0.3, -0.25) is 9.89 Å². The van der Waals surface area contributed by atoms with Crippen molar-refractivity contribution in [2.24, 2.45) is 5.92 Å². The quantitative estimate of drug-likeness (QED) is 0.105. The molecule has 0 atom stereocenters. The van der Waals surface area contributed by atoms with E-state index in [2.05, 4.69) is 14.9 Å². The fraction of sp³-hybridized carbons (Fsp3) is 0.290. The van der Waals surface area contributed by atoms with E-state index in [0.29, 0.717) is 24.3 Å². The summed E-state index contributed by atoms with van der Waals surface area (Å²) in [5.41, 5.74) is -7.75. The number of ether oxygens (including phenoxy) is 1. The van der Waals surface area contributed by atoms with Crippen molar-refractivity contribution in [2.45, 2.75) is 53.5 Å². The molecule has 1 aliphatic rings. The number of aromatic amines is 1. The lowest BCUT2D eigenvalue weighted by Gasteiger charge is -2.47. The lowest BCUT2D eigenvalue weighted by Crippen LogP contribution is -2.56. The molecule has 1 N–H and O–H groups in total. The second-order valence-corrected chi connectivity index (χ2v) is 13.3. The number of carbonyl (C=O) groups excluding carboxylic acids is 1. The Hall–Kier alpha value is -4.18. The van der Waals surface area contributed by atoms with Crippen LogP contribution < -0.4 is 0 Å². The molecule has 0 bridgehead atoms. The minimum Gasteiger partial charge on any atom is -0.349 e. The predicted octanol–water partition coefficient (Wildman–Crippen LogP) is 7.72. The minimum absolute atomic E-state index is 0.135. The average molecular weight is 691 g/mol. The zero-order chi connectivity index (χ0) is 34.4. The molecule has 1 aromatic heterocycles. The van der Waals surface area contributed by atoms with E-state index in [9.17, 15) is 52.7 Å². The number of carbonyl (C=O) groups is 1. The van der Waals surface area contributed by atoms with Gasteiger partial charge >= 0.3 is 12.4 Å². The van der Waals surface area contributed by atoms with Crippen molar-refractivity contribution < 1.29 is 57.5 Å². The van der Waals surface area contributed by atoms with Crippen molar-refractivity contribution in [3.05, 3.63) is 119 Å². The number of nitrogens with zero attached hydrogens (tertiary/aromatic N) is 1. The van der Waals surface area contributed by atoms with Crippen LogP contribution in [0.15, 0.2) is 84.0 Å². The smallest absolute Gasteiger partial charge is 0.349 e. The van der Waals surface area contributed by atoms with Gasteiger partial charge in [-0.2, -0.15) is 31.4 Å². The van der Waals surface area contributed by atoms with E-state index in [4.69, 9.17) is 0 Å². The number of hydrogen-bond acceptors (Lipinski definition) is 5. The summed E-state index contributed by atoms with van der Waals surface area (Å²) in [6, 6.07) is 8.13. The van der Waals surface area contributed by atoms with Crippen LogP contribution in [-0.4, -0.2) is 36.8 Å². The fourth-order valence-corrected chi connectivity index (χ4v) is 8.15. The number of H-pyrrole nitrogens is 1. The highest BCUT2D eigenvalue weighted by Gasteiger charge is 2.73. The number of rotatable bonds is 10. The fourth-order valence-electron chi connectivity index (χ4n) is 5.84. The second kappa shape index (κ2) is 12.1. The third-order valence-corrected chi connectivity index (χ3v) is 10.8. The molecule has 0 radical (unpaired) electrons. The largest absolute Gasteiger partial charge is 0.430 e. The number of hydrogen-bond donors (Lipinski definition) is 1. The lowest BCUT2D eigenvalue weighted by atomic mass is 9.68. The van der Waals surface area contributed by atoms with E-state index in [0.717, 1.165) is 42.5 Å². The van der Waals surface area contributed by atoms with Gasteiger partial charge in [0.05, 0.1) is 23.3 Å². The molecule has 1 saturated carbocycles. The van der Waals surface area contributed by atoms with Crippen LogP contribution in [-0.2, 0) is 31.5 Å². The maximum Gasteiger partial charge on any atom is 0.430 e. The number of aromatic nitrogens is 2. The minimum atomic E-state index is -6.21. The molecule has 4 aromatic rings. The Kier molecular flexibility index (Phi) is 8.81. The van der Waals surface area contributed by atoms with Crippen molar-refractivity contribution in [2.75, 3.05) is 0 Å². The number of benzene rings is 3. The van der Waals surface area contributed by atoms with E-state index in [1.54, 1.807) is 0 Å². The van der Waals surface area contributed by atoms with E-state index < -0.39 is 73.6 Å². The maximum atomic E-state index is 14.4. The predicted molar refractivity (Wildman–Crippen MR) is 147 cm³/mol. The lowest BCUT2D eigenvalue weighted by molar-refractivity contribution is -0.392. The SMILES string of the molecule is O=C(CC1CC(c2ccc(C(OCc3c(F)cccc3F)(C(F)(F)F)C(F)(F)F)cc2)(S(=O)(=O)c2ccc(F)cc2)C1)c1cn[nH]c1. The van der Waals surface area contributed by atoms with E-state index in [1.165, 1.54) is 12.4 Å². The summed E-state index contributed by atoms with van der Waals surface area (Å²) >= 11 is 0. The Bertz CT molecular complexity index is 1820. The molecule has 6 nitrogen and oxygen atoms in total. The van der Waals surface area contributed by atoms with Crippen molar-refractivity contribution >= 4 is 15.6 Å². The van der Waals surface area contributed by atoms with Gasteiger partial charge in [-0.15, -0.1) is 0 Å². The maximum absolute atomic E-state index is 14.4. The first-order valence-corrected chi connectivity index (χ1v) is 15.2. The van der Waals surface area contributed by atoms with Gasteiger partial charge in [-0.05, 0) is 60.7 Å². The summed E-state index contributed by atoms with van der Waals surface area (Å²) in [4.78, 5) is 12.3. The van der Waals surface area contributed by atoms with Crippen LogP contribution in [0.3, 0.4) is 0 Å². The first-order valence-electron chi connectivity index (χ1n) is 13.8. The molecule has 0 spiro atoms. The van der Waals surface area contributed by atoms with Gasteiger partial charge in [-0.25, -0.2) is 21.6 Å². The Morgan fingerprint density at radius 2 is 1.45 bits per heavy atom. The summed E-state index contributed by atoms with van der Waals surface area (Å²) in [7, 11) is -4.47. The number of sulfone groups is 1. The summed E-state index contributed by atoms with van der Waals surface area (Å²) < 4.78 is 159. The first-order chi connectivity index (χ1) is 21.9. The van der Waals surface area contributed by atoms with Crippen molar-refractivity contribution in [1.29, 1.82) is 0 Å². The monoisotopic (exact) mass is 690 g/mol. The summed E-state index contributed by atoms with van der Waals surface area (Å²) in [5, 5.41) is 6.15. The number of halogens is 9. The van der Waals surface area contributed by atoms with Gasteiger partial charge in [0.1, 0.15) is 22.2 Å². The number of alkyl halides is 6. The standard InChI is InChI=1S/C31H23F9N2O4S/c32-22-8-10-23(11-9-22)47(44,45)28(13-18(14-28)12-27(43)19-15-41-42-16-19)20-4-6-21(7-5-20)29(30(35,36)37,31(38,39)40)46-17-24-25(33)2-1-3-26(24)34/h1-11,15-16,18H,12-14,17H2,(H,41,42). The molecule has 0 aliphatic heterocycles. The van der Waals surface area contributed by atoms with Gasteiger partial charge in [-0.1, -0.05) is 30.3 Å². The zero-order valence-corrected chi connectivity index (χ0v) is 24.6. The molecule has 3 aromatic carbocycles. The van der Waals surface area contributed by atoms with E-state index in [1.807, 2.05) is 0 Å². The molecule has 0 saturated heterocycles. The summed E-state index contributed by atoms with van der Waals surface area (Å²) in [6.07, 6.45) is -10.4. The Morgan fingerprint density at radius 3 is 1.96 bits per heavy atom. The molecule has 0 amide bonds. The van der Waals surface area contributed by atoms with Gasteiger partial charge in [0.15, 0.2) is 15.6 Å². The second-order valence-electron chi connectivity index (χ2n) is 11.1. The molecule has 1 aliphatic carbocycles. The average Bonchev–Trinajstić information content (AvgIpc) is 3.51. The number of nitrogens with one attached hydrogen (secondary N) is 1. The third kappa shape index (κ3) is 5.92. The molecule has 250 valence electrons. The van der Waals surface area contributed by atoms with E-state index in [-0.39, 0.29) is 41.1 Å². The van der Waals surface area contributed by atoms with Crippen LogP contribution in [0.2, 0.25) is 0 Å². The van der Waals surface area contributed by atoms with Crippen LogP contribution in [0.1, 0.15) is 46.3 Å². The number of ketones is 1. The van der Waals surface area contributed by atoms with Gasteiger partial charge < -0.3 is 4.74 Å². The molecular weight excluding hydrogens is 667 g/mol. The molecular formula is C31H23F9N2O4S. The van der Waals surface area contributed by atoms with Crippen molar-refractivity contribution in [3.8, 4) is 0 Å². The summed E-state index contributed by atoms with van der Waals surface area (Å²) in [6.45, 7) is -1.76. The molecule has 1 fully saturated rings. The van der Waals surface area contributed by atoms with Crippen LogP contribution in [0.25, 0.3) is 0 Å². The molecule has 1 heterocycles.